The van der Waals surface area contributed by atoms with Gasteiger partial charge in [-0.05, 0) is 34.4 Å². The van der Waals surface area contributed by atoms with Crippen molar-refractivity contribution in [2.24, 2.45) is 0 Å². The van der Waals surface area contributed by atoms with Crippen molar-refractivity contribution < 1.29 is 0 Å². The first-order chi connectivity index (χ1) is 6.79. The van der Waals surface area contributed by atoms with Gasteiger partial charge in [0, 0.05) is 4.88 Å². The molecule has 74 valence electrons. The number of alkyl halides is 1. The summed E-state index contributed by atoms with van der Waals surface area (Å²) in [5.41, 5.74) is 1.21. The molecule has 4 nitrogen and oxygen atoms in total. The molecule has 0 amide bonds. The van der Waals surface area contributed by atoms with Gasteiger partial charge in [0.25, 0.3) is 0 Å². The highest BCUT2D eigenvalue weighted by molar-refractivity contribution is 7.10. The summed E-state index contributed by atoms with van der Waals surface area (Å²) in [4.78, 5) is 1.29. The molecule has 0 aromatic carbocycles. The Morgan fingerprint density at radius 2 is 2.43 bits per heavy atom. The average Bonchev–Trinajstić information content (AvgIpc) is 2.76. The van der Waals surface area contributed by atoms with Crippen LogP contribution < -0.4 is 0 Å². The second-order valence-electron chi connectivity index (χ2n) is 2.95. The minimum Gasteiger partial charge on any atom is -0.224 e. The fourth-order valence-electron chi connectivity index (χ4n) is 1.20. The van der Waals surface area contributed by atoms with Crippen molar-refractivity contribution in [1.82, 2.24) is 20.2 Å². The number of hydrogen-bond acceptors (Lipinski definition) is 4. The van der Waals surface area contributed by atoms with Gasteiger partial charge in [0.15, 0.2) is 5.82 Å². The number of thiophene rings is 1. The van der Waals surface area contributed by atoms with E-state index in [2.05, 4.69) is 33.9 Å². The van der Waals surface area contributed by atoms with Gasteiger partial charge in [0.1, 0.15) is 0 Å². The maximum absolute atomic E-state index is 5.68. The Labute approximate surface area is 90.5 Å². The van der Waals surface area contributed by atoms with Crippen LogP contribution in [0.4, 0.5) is 0 Å². The van der Waals surface area contributed by atoms with E-state index in [1.54, 1.807) is 16.0 Å². The highest BCUT2D eigenvalue weighted by Crippen LogP contribution is 2.14. The van der Waals surface area contributed by atoms with Crippen LogP contribution in [-0.4, -0.2) is 20.2 Å². The molecular formula is C8H9ClN4S. The van der Waals surface area contributed by atoms with Crippen molar-refractivity contribution in [3.63, 3.8) is 0 Å². The van der Waals surface area contributed by atoms with Gasteiger partial charge in [-0.15, -0.1) is 28.0 Å². The van der Waals surface area contributed by atoms with E-state index in [1.807, 2.05) is 0 Å². The Kier molecular flexibility index (Phi) is 2.79. The molecule has 0 saturated carbocycles. The Hall–Kier alpha value is -0.940. The van der Waals surface area contributed by atoms with Gasteiger partial charge in [-0.1, -0.05) is 0 Å². The molecule has 0 spiro atoms. The van der Waals surface area contributed by atoms with Crippen molar-refractivity contribution in [3.8, 4) is 0 Å². The average molecular weight is 229 g/mol. The maximum atomic E-state index is 5.68. The van der Waals surface area contributed by atoms with E-state index < -0.39 is 0 Å². The first kappa shape index (κ1) is 9.61. The Balaban J connectivity index is 2.18. The number of halogens is 1. The van der Waals surface area contributed by atoms with E-state index in [-0.39, 0.29) is 0 Å². The molecule has 0 bridgehead atoms. The highest BCUT2D eigenvalue weighted by Gasteiger charge is 2.05. The molecule has 0 atom stereocenters. The summed E-state index contributed by atoms with van der Waals surface area (Å²) in [7, 11) is 0. The Morgan fingerprint density at radius 3 is 3.07 bits per heavy atom. The molecular weight excluding hydrogens is 220 g/mol. The quantitative estimate of drug-likeness (QED) is 0.753. The lowest BCUT2D eigenvalue weighted by atomic mass is 10.3. The first-order valence-corrected chi connectivity index (χ1v) is 5.56. The van der Waals surface area contributed by atoms with Gasteiger partial charge in [0.2, 0.25) is 0 Å². The minimum atomic E-state index is 0.343. The van der Waals surface area contributed by atoms with E-state index in [0.29, 0.717) is 18.2 Å². The van der Waals surface area contributed by atoms with Crippen molar-refractivity contribution in [3.05, 3.63) is 27.7 Å². The fourth-order valence-corrected chi connectivity index (χ4v) is 2.09. The molecule has 0 radical (unpaired) electrons. The lowest BCUT2D eigenvalue weighted by Gasteiger charge is -1.98. The van der Waals surface area contributed by atoms with Crippen LogP contribution in [0.2, 0.25) is 0 Å². The van der Waals surface area contributed by atoms with Crippen LogP contribution in [0.25, 0.3) is 0 Å². The lowest BCUT2D eigenvalue weighted by Crippen LogP contribution is -2.04. The zero-order valence-corrected chi connectivity index (χ0v) is 9.22. The summed E-state index contributed by atoms with van der Waals surface area (Å²) in [5.74, 6) is 1.05. The maximum Gasteiger partial charge on any atom is 0.166 e. The molecule has 6 heteroatoms. The smallest absolute Gasteiger partial charge is 0.166 e. The number of hydrogen-bond donors (Lipinski definition) is 0. The highest BCUT2D eigenvalue weighted by atomic mass is 35.5. The second-order valence-corrected chi connectivity index (χ2v) is 4.33. The monoisotopic (exact) mass is 228 g/mol. The Morgan fingerprint density at radius 1 is 1.57 bits per heavy atom. The number of nitrogens with zero attached hydrogens (tertiary/aromatic N) is 4. The van der Waals surface area contributed by atoms with Crippen molar-refractivity contribution in [1.29, 1.82) is 0 Å². The predicted octanol–water partition coefficient (Wildman–Crippen LogP) is 1.83. The molecule has 0 saturated heterocycles. The van der Waals surface area contributed by atoms with Crippen LogP contribution >= 0.6 is 22.9 Å². The Bertz CT molecular complexity index is 422. The predicted molar refractivity (Wildman–Crippen MR) is 55.5 cm³/mol. The third-order valence-electron chi connectivity index (χ3n) is 1.84. The standard InChI is InChI=1S/C8H9ClN4S/c1-6-2-7(5-14-6)4-13-8(3-9)10-11-12-13/h2,5H,3-4H2,1H3. The minimum absolute atomic E-state index is 0.343. The van der Waals surface area contributed by atoms with Crippen LogP contribution in [0, 0.1) is 6.92 Å². The van der Waals surface area contributed by atoms with Crippen LogP contribution in [0.5, 0.6) is 0 Å². The number of tetrazole rings is 1. The van der Waals surface area contributed by atoms with Gasteiger partial charge >= 0.3 is 0 Å². The molecule has 0 aliphatic rings. The summed E-state index contributed by atoms with van der Waals surface area (Å²) in [6, 6.07) is 2.13. The van der Waals surface area contributed by atoms with Gasteiger partial charge in [-0.2, -0.15) is 0 Å². The molecule has 2 heterocycles. The van der Waals surface area contributed by atoms with Crippen molar-refractivity contribution in [2.75, 3.05) is 0 Å². The normalized spacial score (nSPS) is 10.7. The lowest BCUT2D eigenvalue weighted by molar-refractivity contribution is 0.631. The van der Waals surface area contributed by atoms with Gasteiger partial charge in [-0.3, -0.25) is 0 Å². The zero-order chi connectivity index (χ0) is 9.97. The summed E-state index contributed by atoms with van der Waals surface area (Å²) in [6.45, 7) is 2.77. The third kappa shape index (κ3) is 1.93. The summed E-state index contributed by atoms with van der Waals surface area (Å²) >= 11 is 7.41. The first-order valence-electron chi connectivity index (χ1n) is 4.14. The number of aryl methyl sites for hydroxylation is 1. The second kappa shape index (κ2) is 4.06. The van der Waals surface area contributed by atoms with E-state index >= 15 is 0 Å². The van der Waals surface area contributed by atoms with Crippen LogP contribution in [0.3, 0.4) is 0 Å². The zero-order valence-electron chi connectivity index (χ0n) is 7.64. The molecule has 2 rings (SSSR count). The fraction of sp³-hybridized carbons (Fsp3) is 0.375. The molecule has 0 unspecified atom stereocenters. The van der Waals surface area contributed by atoms with E-state index in [0.717, 1.165) is 0 Å². The van der Waals surface area contributed by atoms with Crippen molar-refractivity contribution in [2.45, 2.75) is 19.3 Å². The number of aromatic nitrogens is 4. The van der Waals surface area contributed by atoms with Gasteiger partial charge in [-0.25, -0.2) is 4.68 Å². The summed E-state index contributed by atoms with van der Waals surface area (Å²) < 4.78 is 1.72. The third-order valence-corrected chi connectivity index (χ3v) is 2.99. The van der Waals surface area contributed by atoms with Crippen LogP contribution in [0.1, 0.15) is 16.3 Å². The topological polar surface area (TPSA) is 43.6 Å². The number of rotatable bonds is 3. The van der Waals surface area contributed by atoms with Crippen LogP contribution in [0.15, 0.2) is 11.4 Å². The molecule has 0 aliphatic heterocycles. The molecule has 14 heavy (non-hydrogen) atoms. The van der Waals surface area contributed by atoms with Crippen LogP contribution in [-0.2, 0) is 12.4 Å². The van der Waals surface area contributed by atoms with E-state index in [4.69, 9.17) is 11.6 Å². The van der Waals surface area contributed by atoms with E-state index in [9.17, 15) is 0 Å². The molecule has 2 aromatic rings. The summed E-state index contributed by atoms with van der Waals surface area (Å²) in [6.07, 6.45) is 0. The molecule has 0 N–H and O–H groups in total. The summed E-state index contributed by atoms with van der Waals surface area (Å²) in [5, 5.41) is 13.4. The SMILES string of the molecule is Cc1cc(Cn2nnnc2CCl)cs1. The molecule has 0 aliphatic carbocycles. The molecule has 0 fully saturated rings. The van der Waals surface area contributed by atoms with Gasteiger partial charge in [0.05, 0.1) is 12.4 Å². The van der Waals surface area contributed by atoms with Crippen molar-refractivity contribution >= 4 is 22.9 Å². The molecule has 2 aromatic heterocycles. The largest absolute Gasteiger partial charge is 0.224 e. The van der Waals surface area contributed by atoms with Gasteiger partial charge < -0.3 is 0 Å². The van der Waals surface area contributed by atoms with E-state index in [1.165, 1.54) is 10.4 Å².